The molecule has 0 saturated heterocycles. The number of rotatable bonds is 6. The Labute approximate surface area is 198 Å². The molecule has 4 aliphatic carbocycles. The van der Waals surface area contributed by atoms with E-state index in [2.05, 4.69) is 47.6 Å². The van der Waals surface area contributed by atoms with E-state index in [1.54, 1.807) is 12.5 Å². The quantitative estimate of drug-likeness (QED) is 0.305. The molecular weight excluding hydrogens is 392 g/mol. The van der Waals surface area contributed by atoms with Gasteiger partial charge < -0.3 is 4.74 Å². The average Bonchev–Trinajstić information content (AvgIpc) is 2.99. The van der Waals surface area contributed by atoms with Crippen molar-refractivity contribution in [1.82, 2.24) is 0 Å². The number of carbonyl (C=O) groups excluding carboxylic acids is 1. The number of esters is 1. The summed E-state index contributed by atoms with van der Waals surface area (Å²) in [6, 6.07) is 0. The average molecular weight is 443 g/mol. The van der Waals surface area contributed by atoms with Crippen LogP contribution in [0.3, 0.4) is 0 Å². The Morgan fingerprint density at radius 2 is 1.72 bits per heavy atom. The lowest BCUT2D eigenvalue weighted by Crippen LogP contribution is -2.55. The van der Waals surface area contributed by atoms with Crippen molar-refractivity contribution in [3.8, 4) is 0 Å². The molecule has 0 amide bonds. The molecule has 4 aliphatic rings. The van der Waals surface area contributed by atoms with E-state index in [4.69, 9.17) is 4.74 Å². The largest absolute Gasteiger partial charge is 0.462 e. The molecule has 3 fully saturated rings. The van der Waals surface area contributed by atoms with Crippen LogP contribution in [0.25, 0.3) is 0 Å². The highest BCUT2D eigenvalue weighted by Gasteiger charge is 2.64. The summed E-state index contributed by atoms with van der Waals surface area (Å²) in [6.45, 7) is 16.8. The Morgan fingerprint density at radius 3 is 2.41 bits per heavy atom. The molecule has 4 rings (SSSR count). The monoisotopic (exact) mass is 442 g/mol. The summed E-state index contributed by atoms with van der Waals surface area (Å²) in [7, 11) is 0. The second kappa shape index (κ2) is 8.77. The maximum Gasteiger partial charge on any atom is 0.302 e. The van der Waals surface area contributed by atoms with Crippen molar-refractivity contribution in [3.63, 3.8) is 0 Å². The fourth-order valence-corrected chi connectivity index (χ4v) is 9.36. The van der Waals surface area contributed by atoms with Crippen molar-refractivity contribution in [2.45, 2.75) is 125 Å². The first kappa shape index (κ1) is 24.3. The van der Waals surface area contributed by atoms with Crippen LogP contribution in [0, 0.1) is 45.8 Å². The molecule has 2 heteroatoms. The Kier molecular flexibility index (Phi) is 6.67. The zero-order valence-corrected chi connectivity index (χ0v) is 22.1. The van der Waals surface area contributed by atoms with Gasteiger partial charge in [-0.25, -0.2) is 0 Å². The summed E-state index contributed by atoms with van der Waals surface area (Å²) >= 11 is 0. The molecule has 2 nitrogen and oxygen atoms in total. The first-order valence-electron chi connectivity index (χ1n) is 13.9. The van der Waals surface area contributed by atoms with Crippen LogP contribution in [0.2, 0.25) is 0 Å². The Balaban J connectivity index is 1.52. The van der Waals surface area contributed by atoms with Gasteiger partial charge in [0.15, 0.2) is 0 Å². The van der Waals surface area contributed by atoms with E-state index in [1.807, 2.05) is 0 Å². The standard InChI is InChI=1S/C30H50O2/c1-20(2)9-8-10-21(3)25-14-17-30(7)27-12-11-23-19-24(32-22(4)31)13-16-28(23,5)26(27)15-18-29(25,30)6/h11,20-21,24-27H,8-10,12-19H2,1-7H3/t21?,24?,25-,26+,27-,28+,29-,30+/m1/s1. The van der Waals surface area contributed by atoms with E-state index in [-0.39, 0.29) is 12.1 Å². The van der Waals surface area contributed by atoms with Crippen molar-refractivity contribution in [1.29, 1.82) is 0 Å². The van der Waals surface area contributed by atoms with Crippen molar-refractivity contribution in [3.05, 3.63) is 11.6 Å². The van der Waals surface area contributed by atoms with E-state index in [9.17, 15) is 4.79 Å². The van der Waals surface area contributed by atoms with E-state index in [0.29, 0.717) is 16.2 Å². The summed E-state index contributed by atoms with van der Waals surface area (Å²) in [6.07, 6.45) is 17.1. The highest BCUT2D eigenvalue weighted by Crippen LogP contribution is 2.72. The van der Waals surface area contributed by atoms with Crippen LogP contribution in [-0.4, -0.2) is 12.1 Å². The zero-order chi connectivity index (χ0) is 23.3. The minimum absolute atomic E-state index is 0.107. The van der Waals surface area contributed by atoms with E-state index in [1.165, 1.54) is 57.8 Å². The molecule has 182 valence electrons. The van der Waals surface area contributed by atoms with Crippen molar-refractivity contribution in [2.75, 3.05) is 0 Å². The van der Waals surface area contributed by atoms with Crippen LogP contribution in [0.15, 0.2) is 11.6 Å². The third kappa shape index (κ3) is 3.90. The van der Waals surface area contributed by atoms with Crippen molar-refractivity contribution in [2.24, 2.45) is 45.8 Å². The molecule has 0 aromatic carbocycles. The van der Waals surface area contributed by atoms with Gasteiger partial charge in [0, 0.05) is 13.3 Å². The van der Waals surface area contributed by atoms with Crippen LogP contribution in [0.1, 0.15) is 119 Å². The molecule has 0 aromatic rings. The van der Waals surface area contributed by atoms with Crippen LogP contribution < -0.4 is 0 Å². The number of hydrogen-bond acceptors (Lipinski definition) is 2. The first-order valence-corrected chi connectivity index (χ1v) is 13.9. The van der Waals surface area contributed by atoms with Gasteiger partial charge in [-0.2, -0.15) is 0 Å². The van der Waals surface area contributed by atoms with Crippen LogP contribution in [0.5, 0.6) is 0 Å². The highest BCUT2D eigenvalue weighted by atomic mass is 16.5. The van der Waals surface area contributed by atoms with Gasteiger partial charge in [0.25, 0.3) is 0 Å². The normalized spacial score (nSPS) is 44.3. The maximum atomic E-state index is 11.5. The molecule has 0 N–H and O–H groups in total. The first-order chi connectivity index (χ1) is 15.0. The lowest BCUT2D eigenvalue weighted by Gasteiger charge is -2.63. The minimum Gasteiger partial charge on any atom is -0.462 e. The van der Waals surface area contributed by atoms with Crippen LogP contribution >= 0.6 is 0 Å². The molecule has 8 atom stereocenters. The predicted octanol–water partition coefficient (Wildman–Crippen LogP) is 8.35. The third-order valence-corrected chi connectivity index (χ3v) is 11.4. The topological polar surface area (TPSA) is 26.3 Å². The summed E-state index contributed by atoms with van der Waals surface area (Å²) in [5.41, 5.74) is 2.91. The maximum absolute atomic E-state index is 11.5. The van der Waals surface area contributed by atoms with Crippen LogP contribution in [0.4, 0.5) is 0 Å². The Bertz CT molecular complexity index is 737. The molecular formula is C30H50O2. The zero-order valence-electron chi connectivity index (χ0n) is 22.1. The molecule has 2 unspecified atom stereocenters. The van der Waals surface area contributed by atoms with E-state index >= 15 is 0 Å². The van der Waals surface area contributed by atoms with Gasteiger partial charge in [0.1, 0.15) is 6.10 Å². The van der Waals surface area contributed by atoms with Crippen molar-refractivity contribution >= 4 is 5.97 Å². The summed E-state index contributed by atoms with van der Waals surface area (Å²) < 4.78 is 5.63. The van der Waals surface area contributed by atoms with Crippen LogP contribution in [-0.2, 0) is 9.53 Å². The van der Waals surface area contributed by atoms with Gasteiger partial charge in [-0.05, 0) is 90.8 Å². The summed E-state index contributed by atoms with van der Waals surface area (Å²) in [4.78, 5) is 11.5. The second-order valence-corrected chi connectivity index (χ2v) is 13.4. The number of allylic oxidation sites excluding steroid dienone is 1. The molecule has 0 radical (unpaired) electrons. The van der Waals surface area contributed by atoms with Gasteiger partial charge in [-0.1, -0.05) is 72.5 Å². The molecule has 0 spiro atoms. The van der Waals surface area contributed by atoms with Gasteiger partial charge in [-0.15, -0.1) is 0 Å². The van der Waals surface area contributed by atoms with E-state index < -0.39 is 0 Å². The van der Waals surface area contributed by atoms with Gasteiger partial charge in [0.2, 0.25) is 0 Å². The van der Waals surface area contributed by atoms with E-state index in [0.717, 1.165) is 42.4 Å². The number of ether oxygens (including phenoxy) is 1. The van der Waals surface area contributed by atoms with Gasteiger partial charge >= 0.3 is 5.97 Å². The Morgan fingerprint density at radius 1 is 1.00 bits per heavy atom. The van der Waals surface area contributed by atoms with Crippen molar-refractivity contribution < 1.29 is 9.53 Å². The second-order valence-electron chi connectivity index (χ2n) is 13.4. The minimum atomic E-state index is -0.117. The number of fused-ring (bicyclic) bond motifs is 5. The predicted molar refractivity (Wildman–Crippen MR) is 133 cm³/mol. The Hall–Kier alpha value is -0.790. The molecule has 3 saturated carbocycles. The lowest BCUT2D eigenvalue weighted by molar-refractivity contribution is -0.150. The molecule has 0 heterocycles. The molecule has 0 aliphatic heterocycles. The smallest absolute Gasteiger partial charge is 0.302 e. The number of carbonyl (C=O) groups is 1. The highest BCUT2D eigenvalue weighted by molar-refractivity contribution is 5.66. The van der Waals surface area contributed by atoms with Gasteiger partial charge in [-0.3, -0.25) is 4.79 Å². The summed E-state index contributed by atoms with van der Waals surface area (Å²) in [5.74, 6) is 4.12. The molecule has 32 heavy (non-hydrogen) atoms. The number of hydrogen-bond donors (Lipinski definition) is 0. The summed E-state index contributed by atoms with van der Waals surface area (Å²) in [5, 5.41) is 0. The van der Waals surface area contributed by atoms with Gasteiger partial charge in [0.05, 0.1) is 0 Å². The SMILES string of the molecule is CC(=O)OC1CC[C@@]2(C)C(=CC[C@@H]3[C@@H]2CC[C@]2(C)[C@@H](C(C)CCCC(C)C)CC[C@@]32C)C1. The molecule has 0 aromatic heterocycles. The lowest BCUT2D eigenvalue weighted by atomic mass is 9.42. The third-order valence-electron chi connectivity index (χ3n) is 11.4. The fraction of sp³-hybridized carbons (Fsp3) is 0.900. The fourth-order valence-electron chi connectivity index (χ4n) is 9.36. The molecule has 0 bridgehead atoms.